The number of non-ortho nitro benzene ring substituents is 1. The standard InChI is InChI=1S/C16H15N3O5/c1-18(11-6-4-3-5-7-11)16(21)15(20)17-13-9-8-12(19(22)23)10-14(13)24-2/h3-10H,1-2H3,(H,17,20). The number of nitro groups is 1. The lowest BCUT2D eigenvalue weighted by molar-refractivity contribution is -0.384. The summed E-state index contributed by atoms with van der Waals surface area (Å²) < 4.78 is 5.02. The molecule has 0 aromatic heterocycles. The number of anilines is 2. The minimum absolute atomic E-state index is 0.0905. The first kappa shape index (κ1) is 16.9. The molecule has 2 aromatic carbocycles. The molecule has 2 aromatic rings. The largest absolute Gasteiger partial charge is 0.494 e. The quantitative estimate of drug-likeness (QED) is 0.526. The first-order chi connectivity index (χ1) is 11.4. The molecule has 8 heteroatoms. The zero-order chi connectivity index (χ0) is 17.7. The van der Waals surface area contributed by atoms with Crippen molar-refractivity contribution in [1.82, 2.24) is 0 Å². The van der Waals surface area contributed by atoms with Gasteiger partial charge in [0.2, 0.25) is 0 Å². The van der Waals surface area contributed by atoms with Gasteiger partial charge in [-0.3, -0.25) is 19.7 Å². The normalized spacial score (nSPS) is 9.92. The van der Waals surface area contributed by atoms with Gasteiger partial charge in [-0.05, 0) is 18.2 Å². The Labute approximate surface area is 137 Å². The Morgan fingerprint density at radius 3 is 2.42 bits per heavy atom. The number of para-hydroxylation sites is 1. The van der Waals surface area contributed by atoms with Gasteiger partial charge in [-0.1, -0.05) is 18.2 Å². The highest BCUT2D eigenvalue weighted by Crippen LogP contribution is 2.29. The van der Waals surface area contributed by atoms with Crippen molar-refractivity contribution in [3.8, 4) is 5.75 Å². The molecule has 0 atom stereocenters. The van der Waals surface area contributed by atoms with Crippen LogP contribution in [0.25, 0.3) is 0 Å². The number of methoxy groups -OCH3 is 1. The van der Waals surface area contributed by atoms with Gasteiger partial charge in [0.1, 0.15) is 5.75 Å². The molecule has 124 valence electrons. The number of ether oxygens (including phenoxy) is 1. The highest BCUT2D eigenvalue weighted by Gasteiger charge is 2.22. The van der Waals surface area contributed by atoms with Gasteiger partial charge in [0.05, 0.1) is 23.8 Å². The lowest BCUT2D eigenvalue weighted by Gasteiger charge is -2.17. The summed E-state index contributed by atoms with van der Waals surface area (Å²) in [6, 6.07) is 12.4. The van der Waals surface area contributed by atoms with Crippen LogP contribution in [-0.2, 0) is 9.59 Å². The number of benzene rings is 2. The van der Waals surface area contributed by atoms with Crippen LogP contribution in [0.5, 0.6) is 5.75 Å². The summed E-state index contributed by atoms with van der Waals surface area (Å²) in [7, 11) is 2.79. The number of hydrogen-bond donors (Lipinski definition) is 1. The molecule has 0 unspecified atom stereocenters. The molecule has 8 nitrogen and oxygen atoms in total. The Balaban J connectivity index is 2.17. The molecule has 0 aliphatic carbocycles. The summed E-state index contributed by atoms with van der Waals surface area (Å²) >= 11 is 0. The molecule has 24 heavy (non-hydrogen) atoms. The van der Waals surface area contributed by atoms with Gasteiger partial charge < -0.3 is 15.0 Å². The van der Waals surface area contributed by atoms with Crippen molar-refractivity contribution < 1.29 is 19.2 Å². The molecule has 1 N–H and O–H groups in total. The maximum absolute atomic E-state index is 12.2. The predicted molar refractivity (Wildman–Crippen MR) is 88.1 cm³/mol. The zero-order valence-corrected chi connectivity index (χ0v) is 13.1. The monoisotopic (exact) mass is 329 g/mol. The first-order valence-electron chi connectivity index (χ1n) is 6.90. The van der Waals surface area contributed by atoms with E-state index in [2.05, 4.69) is 5.32 Å². The van der Waals surface area contributed by atoms with Gasteiger partial charge in [0.25, 0.3) is 5.69 Å². The molecule has 0 spiro atoms. The fourth-order valence-electron chi connectivity index (χ4n) is 1.99. The predicted octanol–water partition coefficient (Wildman–Crippen LogP) is 2.20. The SMILES string of the molecule is COc1cc([N+](=O)[O-])ccc1NC(=O)C(=O)N(C)c1ccccc1. The maximum atomic E-state index is 12.2. The second-order valence-electron chi connectivity index (χ2n) is 4.80. The Morgan fingerprint density at radius 2 is 1.83 bits per heavy atom. The molecule has 2 rings (SSSR count). The molecule has 0 fully saturated rings. The van der Waals surface area contributed by atoms with Crippen LogP contribution in [-0.4, -0.2) is 30.9 Å². The van der Waals surface area contributed by atoms with Crippen molar-refractivity contribution in [3.05, 3.63) is 58.6 Å². The molecule has 0 aliphatic heterocycles. The average molecular weight is 329 g/mol. The van der Waals surface area contributed by atoms with E-state index in [1.54, 1.807) is 30.3 Å². The van der Waals surface area contributed by atoms with Gasteiger partial charge >= 0.3 is 11.8 Å². The van der Waals surface area contributed by atoms with E-state index in [-0.39, 0.29) is 17.1 Å². The minimum Gasteiger partial charge on any atom is -0.494 e. The van der Waals surface area contributed by atoms with E-state index in [0.717, 1.165) is 0 Å². The van der Waals surface area contributed by atoms with Crippen LogP contribution in [0.3, 0.4) is 0 Å². The van der Waals surface area contributed by atoms with Crippen LogP contribution in [0.4, 0.5) is 17.1 Å². The molecule has 0 saturated heterocycles. The molecule has 0 saturated carbocycles. The Morgan fingerprint density at radius 1 is 1.17 bits per heavy atom. The number of nitrogens with one attached hydrogen (secondary N) is 1. The van der Waals surface area contributed by atoms with Crippen molar-refractivity contribution in [3.63, 3.8) is 0 Å². The molecule has 0 aliphatic rings. The third kappa shape index (κ3) is 3.67. The van der Waals surface area contributed by atoms with Gasteiger partial charge in [0, 0.05) is 18.8 Å². The topological polar surface area (TPSA) is 102 Å². The van der Waals surface area contributed by atoms with Crippen molar-refractivity contribution >= 4 is 28.9 Å². The number of nitro benzene ring substituents is 1. The third-order valence-electron chi connectivity index (χ3n) is 3.29. The third-order valence-corrected chi connectivity index (χ3v) is 3.29. The van der Waals surface area contributed by atoms with Crippen LogP contribution < -0.4 is 15.0 Å². The van der Waals surface area contributed by atoms with E-state index >= 15 is 0 Å². The Hall–Kier alpha value is -3.42. The van der Waals surface area contributed by atoms with Crippen molar-refractivity contribution in [2.24, 2.45) is 0 Å². The summed E-state index contributed by atoms with van der Waals surface area (Å²) in [5.74, 6) is -1.57. The van der Waals surface area contributed by atoms with E-state index in [9.17, 15) is 19.7 Å². The fourth-order valence-corrected chi connectivity index (χ4v) is 1.99. The van der Waals surface area contributed by atoms with E-state index < -0.39 is 16.7 Å². The summed E-state index contributed by atoms with van der Waals surface area (Å²) in [4.78, 5) is 35.7. The van der Waals surface area contributed by atoms with Crippen LogP contribution >= 0.6 is 0 Å². The summed E-state index contributed by atoms with van der Waals surface area (Å²) in [6.45, 7) is 0. The lowest BCUT2D eigenvalue weighted by Crippen LogP contribution is -2.37. The van der Waals surface area contributed by atoms with Gasteiger partial charge in [-0.15, -0.1) is 0 Å². The van der Waals surface area contributed by atoms with Crippen molar-refractivity contribution in [2.45, 2.75) is 0 Å². The van der Waals surface area contributed by atoms with E-state index in [0.29, 0.717) is 5.69 Å². The van der Waals surface area contributed by atoms with E-state index in [1.165, 1.54) is 37.3 Å². The van der Waals surface area contributed by atoms with Crippen LogP contribution in [0, 0.1) is 10.1 Å². The summed E-state index contributed by atoms with van der Waals surface area (Å²) in [6.07, 6.45) is 0. The molecule has 0 heterocycles. The molecule has 2 amide bonds. The van der Waals surface area contributed by atoms with Crippen molar-refractivity contribution in [1.29, 1.82) is 0 Å². The maximum Gasteiger partial charge on any atom is 0.316 e. The number of nitrogens with zero attached hydrogens (tertiary/aromatic N) is 2. The van der Waals surface area contributed by atoms with Gasteiger partial charge in [-0.25, -0.2) is 0 Å². The number of carbonyl (C=O) groups excluding carboxylic acids is 2. The number of amides is 2. The van der Waals surface area contributed by atoms with Crippen LogP contribution in [0.15, 0.2) is 48.5 Å². The Bertz CT molecular complexity index is 777. The molecular weight excluding hydrogens is 314 g/mol. The lowest BCUT2D eigenvalue weighted by atomic mass is 10.2. The number of likely N-dealkylation sites (N-methyl/N-ethyl adjacent to an activating group) is 1. The molecular formula is C16H15N3O5. The Kier molecular flexibility index (Phi) is 5.10. The van der Waals surface area contributed by atoms with E-state index in [1.807, 2.05) is 0 Å². The van der Waals surface area contributed by atoms with Gasteiger partial charge in [0.15, 0.2) is 0 Å². The van der Waals surface area contributed by atoms with Crippen LogP contribution in [0.1, 0.15) is 0 Å². The number of rotatable bonds is 4. The molecule has 0 bridgehead atoms. The average Bonchev–Trinajstić information content (AvgIpc) is 2.61. The number of hydrogen-bond acceptors (Lipinski definition) is 5. The summed E-state index contributed by atoms with van der Waals surface area (Å²) in [5, 5.41) is 13.2. The second-order valence-corrected chi connectivity index (χ2v) is 4.80. The van der Waals surface area contributed by atoms with Crippen LogP contribution in [0.2, 0.25) is 0 Å². The fraction of sp³-hybridized carbons (Fsp3) is 0.125. The first-order valence-corrected chi connectivity index (χ1v) is 6.90. The van der Waals surface area contributed by atoms with E-state index in [4.69, 9.17) is 4.74 Å². The zero-order valence-electron chi connectivity index (χ0n) is 13.1. The van der Waals surface area contributed by atoms with Gasteiger partial charge in [-0.2, -0.15) is 0 Å². The highest BCUT2D eigenvalue weighted by atomic mass is 16.6. The minimum atomic E-state index is -0.881. The highest BCUT2D eigenvalue weighted by molar-refractivity contribution is 6.44. The number of carbonyl (C=O) groups is 2. The second kappa shape index (κ2) is 7.23. The smallest absolute Gasteiger partial charge is 0.316 e. The summed E-state index contributed by atoms with van der Waals surface area (Å²) in [5.41, 5.74) is 0.550. The molecule has 0 radical (unpaired) electrons. The van der Waals surface area contributed by atoms with Crippen molar-refractivity contribution in [2.75, 3.05) is 24.4 Å².